The SMILES string of the molecule is CC(=O)[C@@H](N=Nc1cccc2c1C(=O)c1ccccc1C2=O)C(=O)Nc1ccc(C)cc1C. The molecular formula is C26H21N3O4. The molecule has 1 aliphatic carbocycles. The molecule has 0 saturated carbocycles. The Kier molecular flexibility index (Phi) is 5.79. The lowest BCUT2D eigenvalue weighted by atomic mass is 9.83. The summed E-state index contributed by atoms with van der Waals surface area (Å²) in [6, 6.07) is 15.4. The summed E-state index contributed by atoms with van der Waals surface area (Å²) in [5.74, 6) is -1.77. The average molecular weight is 439 g/mol. The number of benzene rings is 3. The maximum absolute atomic E-state index is 13.1. The van der Waals surface area contributed by atoms with Crippen LogP contribution in [0.3, 0.4) is 0 Å². The molecule has 1 atom stereocenters. The maximum Gasteiger partial charge on any atom is 0.258 e. The molecule has 0 radical (unpaired) electrons. The molecule has 7 heteroatoms. The molecule has 164 valence electrons. The van der Waals surface area contributed by atoms with Crippen molar-refractivity contribution in [1.29, 1.82) is 0 Å². The first-order valence-corrected chi connectivity index (χ1v) is 10.4. The minimum absolute atomic E-state index is 0.113. The van der Waals surface area contributed by atoms with Gasteiger partial charge in [0.2, 0.25) is 6.04 Å². The highest BCUT2D eigenvalue weighted by Gasteiger charge is 2.32. The Morgan fingerprint density at radius 2 is 1.52 bits per heavy atom. The molecule has 0 saturated heterocycles. The first-order valence-electron chi connectivity index (χ1n) is 10.4. The molecule has 3 aromatic rings. The summed E-state index contributed by atoms with van der Waals surface area (Å²) in [4.78, 5) is 50.9. The molecule has 0 aromatic heterocycles. The van der Waals surface area contributed by atoms with Crippen LogP contribution in [0.4, 0.5) is 11.4 Å². The molecule has 1 amide bonds. The summed E-state index contributed by atoms with van der Waals surface area (Å²) in [7, 11) is 0. The number of ketones is 3. The molecule has 0 fully saturated rings. The Morgan fingerprint density at radius 1 is 0.848 bits per heavy atom. The zero-order valence-corrected chi connectivity index (χ0v) is 18.4. The van der Waals surface area contributed by atoms with E-state index in [0.717, 1.165) is 11.1 Å². The van der Waals surface area contributed by atoms with Gasteiger partial charge in [-0.25, -0.2) is 0 Å². The number of nitrogens with zero attached hydrogens (tertiary/aromatic N) is 2. The predicted octanol–water partition coefficient (Wildman–Crippen LogP) is 4.76. The first-order chi connectivity index (χ1) is 15.8. The van der Waals surface area contributed by atoms with Crippen molar-refractivity contribution in [2.45, 2.75) is 26.8 Å². The highest BCUT2D eigenvalue weighted by atomic mass is 16.2. The second-order valence-corrected chi connectivity index (χ2v) is 7.94. The van der Waals surface area contributed by atoms with E-state index in [4.69, 9.17) is 0 Å². The smallest absolute Gasteiger partial charge is 0.258 e. The van der Waals surface area contributed by atoms with Crippen molar-refractivity contribution in [1.82, 2.24) is 0 Å². The lowest BCUT2D eigenvalue weighted by molar-refractivity contribution is -0.126. The van der Waals surface area contributed by atoms with Gasteiger partial charge in [-0.15, -0.1) is 0 Å². The highest BCUT2D eigenvalue weighted by Crippen LogP contribution is 2.33. The Balaban J connectivity index is 1.66. The number of Topliss-reactive ketones (excluding diaryl/α,β-unsaturated/α-hetero) is 1. The van der Waals surface area contributed by atoms with E-state index in [-0.39, 0.29) is 33.9 Å². The third kappa shape index (κ3) is 4.13. The summed E-state index contributed by atoms with van der Waals surface area (Å²) in [6.45, 7) is 5.04. The zero-order chi connectivity index (χ0) is 23.7. The van der Waals surface area contributed by atoms with Crippen LogP contribution in [0.5, 0.6) is 0 Å². The minimum atomic E-state index is -1.40. The molecule has 0 heterocycles. The van der Waals surface area contributed by atoms with Crippen LogP contribution in [0.2, 0.25) is 0 Å². The van der Waals surface area contributed by atoms with Crippen molar-refractivity contribution in [2.24, 2.45) is 10.2 Å². The number of rotatable bonds is 5. The van der Waals surface area contributed by atoms with E-state index >= 15 is 0 Å². The van der Waals surface area contributed by atoms with Gasteiger partial charge in [-0.1, -0.05) is 54.1 Å². The van der Waals surface area contributed by atoms with E-state index in [9.17, 15) is 19.2 Å². The molecule has 0 spiro atoms. The number of nitrogens with one attached hydrogen (secondary N) is 1. The summed E-state index contributed by atoms with van der Waals surface area (Å²) >= 11 is 0. The van der Waals surface area contributed by atoms with Crippen LogP contribution < -0.4 is 5.32 Å². The Morgan fingerprint density at radius 3 is 2.18 bits per heavy atom. The predicted molar refractivity (Wildman–Crippen MR) is 123 cm³/mol. The first kappa shape index (κ1) is 22.0. The quantitative estimate of drug-likeness (QED) is 0.357. The van der Waals surface area contributed by atoms with Crippen LogP contribution >= 0.6 is 0 Å². The van der Waals surface area contributed by atoms with E-state index < -0.39 is 17.7 Å². The van der Waals surface area contributed by atoms with Crippen molar-refractivity contribution in [3.63, 3.8) is 0 Å². The topological polar surface area (TPSA) is 105 Å². The molecule has 0 bridgehead atoms. The summed E-state index contributed by atoms with van der Waals surface area (Å²) < 4.78 is 0. The van der Waals surface area contributed by atoms with Crippen LogP contribution in [0, 0.1) is 13.8 Å². The standard InChI is InChI=1S/C26H21N3O4/c1-14-11-12-20(15(2)13-14)27-26(33)23(16(3)30)29-28-21-10-6-9-19-22(21)25(32)18-8-5-4-7-17(18)24(19)31/h4-13,23H,1-3H3,(H,27,33)/t23-/m1/s1. The number of aryl methyl sites for hydroxylation is 2. The largest absolute Gasteiger partial charge is 0.324 e. The number of amides is 1. The second kappa shape index (κ2) is 8.70. The molecule has 3 aromatic carbocycles. The van der Waals surface area contributed by atoms with Gasteiger partial charge in [-0.3, -0.25) is 19.2 Å². The van der Waals surface area contributed by atoms with Gasteiger partial charge in [-0.05, 0) is 38.5 Å². The van der Waals surface area contributed by atoms with Crippen molar-refractivity contribution in [3.8, 4) is 0 Å². The Hall–Kier alpha value is -4.26. The third-order valence-corrected chi connectivity index (χ3v) is 5.48. The number of carbonyl (C=O) groups is 4. The minimum Gasteiger partial charge on any atom is -0.324 e. The summed E-state index contributed by atoms with van der Waals surface area (Å²) in [5.41, 5.74) is 3.54. The molecule has 4 rings (SSSR count). The van der Waals surface area contributed by atoms with Crippen LogP contribution in [-0.4, -0.2) is 29.3 Å². The summed E-state index contributed by atoms with van der Waals surface area (Å²) in [5, 5.41) is 10.7. The number of carbonyl (C=O) groups excluding carboxylic acids is 4. The summed E-state index contributed by atoms with van der Waals surface area (Å²) in [6.07, 6.45) is 0. The van der Waals surface area contributed by atoms with Gasteiger partial charge in [0, 0.05) is 22.4 Å². The molecule has 0 aliphatic heterocycles. The van der Waals surface area contributed by atoms with Gasteiger partial charge >= 0.3 is 0 Å². The number of anilines is 1. The molecule has 7 nitrogen and oxygen atoms in total. The van der Waals surface area contributed by atoms with Crippen molar-refractivity contribution in [2.75, 3.05) is 5.32 Å². The highest BCUT2D eigenvalue weighted by molar-refractivity contribution is 6.30. The Bertz CT molecular complexity index is 1360. The van der Waals surface area contributed by atoms with Crippen LogP contribution in [0.25, 0.3) is 0 Å². The van der Waals surface area contributed by atoms with Crippen LogP contribution in [-0.2, 0) is 9.59 Å². The van der Waals surface area contributed by atoms with E-state index in [0.29, 0.717) is 11.3 Å². The van der Waals surface area contributed by atoms with Crippen molar-refractivity contribution in [3.05, 3.63) is 94.0 Å². The lowest BCUT2D eigenvalue weighted by Crippen LogP contribution is -2.32. The molecule has 0 unspecified atom stereocenters. The van der Waals surface area contributed by atoms with Gasteiger partial charge in [0.15, 0.2) is 17.3 Å². The third-order valence-electron chi connectivity index (χ3n) is 5.48. The average Bonchev–Trinajstić information content (AvgIpc) is 2.79. The lowest BCUT2D eigenvalue weighted by Gasteiger charge is -2.18. The van der Waals surface area contributed by atoms with Gasteiger partial charge < -0.3 is 5.32 Å². The Labute approximate surface area is 190 Å². The van der Waals surface area contributed by atoms with E-state index in [2.05, 4.69) is 15.5 Å². The second-order valence-electron chi connectivity index (χ2n) is 7.94. The van der Waals surface area contributed by atoms with Gasteiger partial charge in [0.05, 0.1) is 11.3 Å². The van der Waals surface area contributed by atoms with Gasteiger partial charge in [-0.2, -0.15) is 10.2 Å². The van der Waals surface area contributed by atoms with E-state index in [1.807, 2.05) is 26.0 Å². The normalized spacial score (nSPS) is 13.4. The van der Waals surface area contributed by atoms with Crippen molar-refractivity contribution < 1.29 is 19.2 Å². The monoisotopic (exact) mass is 439 g/mol. The number of fused-ring (bicyclic) bond motifs is 2. The molecule has 1 N–H and O–H groups in total. The molecule has 33 heavy (non-hydrogen) atoms. The number of hydrogen-bond donors (Lipinski definition) is 1. The van der Waals surface area contributed by atoms with Crippen LogP contribution in [0.15, 0.2) is 70.9 Å². The fourth-order valence-electron chi connectivity index (χ4n) is 3.80. The maximum atomic E-state index is 13.1. The van der Waals surface area contributed by atoms with Gasteiger partial charge in [0.25, 0.3) is 5.91 Å². The molecular weight excluding hydrogens is 418 g/mol. The number of hydrogen-bond acceptors (Lipinski definition) is 6. The fraction of sp³-hybridized carbons (Fsp3) is 0.154. The van der Waals surface area contributed by atoms with E-state index in [1.165, 1.54) is 13.0 Å². The molecule has 1 aliphatic rings. The zero-order valence-electron chi connectivity index (χ0n) is 18.4. The van der Waals surface area contributed by atoms with Crippen LogP contribution in [0.1, 0.15) is 49.9 Å². The van der Waals surface area contributed by atoms with Gasteiger partial charge in [0.1, 0.15) is 0 Å². The number of azo groups is 1. The fourth-order valence-corrected chi connectivity index (χ4v) is 3.80. The van der Waals surface area contributed by atoms with E-state index in [1.54, 1.807) is 42.5 Å². The van der Waals surface area contributed by atoms with Crippen molar-refractivity contribution >= 4 is 34.6 Å².